The van der Waals surface area contributed by atoms with Crippen LogP contribution < -0.4 is 0 Å². The van der Waals surface area contributed by atoms with Crippen molar-refractivity contribution in [2.75, 3.05) is 6.61 Å². The molecule has 0 fully saturated rings. The largest absolute Gasteiger partial charge is 0.465 e. The van der Waals surface area contributed by atoms with Crippen molar-refractivity contribution in [1.29, 1.82) is 0 Å². The number of carbonyl (C=O) groups is 1. The van der Waals surface area contributed by atoms with E-state index in [9.17, 15) is 9.90 Å². The molecule has 3 aromatic rings. The first kappa shape index (κ1) is 18.7. The highest BCUT2D eigenvalue weighted by Crippen LogP contribution is 2.23. The van der Waals surface area contributed by atoms with E-state index in [1.165, 1.54) is 4.90 Å². The Balaban J connectivity index is 1.79. The minimum absolute atomic E-state index is 0.122. The number of rotatable bonds is 7. The molecule has 3 rings (SSSR count). The lowest BCUT2D eigenvalue weighted by atomic mass is 10.00. The summed E-state index contributed by atoms with van der Waals surface area (Å²) in [7, 11) is 0. The lowest BCUT2D eigenvalue weighted by Crippen LogP contribution is -2.28. The molecule has 0 atom stereocenters. The number of amides is 1. The SMILES string of the molecule is O=C(O)N(Cc1ccccc1)Cc1cccc(-c2cccc(CCO)c2)c1. The van der Waals surface area contributed by atoms with Crippen LogP contribution in [0.1, 0.15) is 16.7 Å². The van der Waals surface area contributed by atoms with Gasteiger partial charge in [-0.1, -0.05) is 72.8 Å². The van der Waals surface area contributed by atoms with Gasteiger partial charge >= 0.3 is 6.09 Å². The number of aliphatic hydroxyl groups is 1. The van der Waals surface area contributed by atoms with E-state index in [0.29, 0.717) is 19.5 Å². The van der Waals surface area contributed by atoms with E-state index in [4.69, 9.17) is 5.11 Å². The molecule has 0 unspecified atom stereocenters. The Morgan fingerprint density at radius 2 is 1.30 bits per heavy atom. The molecule has 0 saturated carbocycles. The van der Waals surface area contributed by atoms with E-state index in [2.05, 4.69) is 6.07 Å². The molecule has 0 bridgehead atoms. The number of benzene rings is 3. The van der Waals surface area contributed by atoms with Gasteiger partial charge in [-0.2, -0.15) is 0 Å². The van der Waals surface area contributed by atoms with Gasteiger partial charge in [0, 0.05) is 19.7 Å². The predicted octanol–water partition coefficient (Wildman–Crippen LogP) is 4.57. The van der Waals surface area contributed by atoms with Crippen LogP contribution in [0.25, 0.3) is 11.1 Å². The normalized spacial score (nSPS) is 10.6. The fourth-order valence-electron chi connectivity index (χ4n) is 3.10. The van der Waals surface area contributed by atoms with Crippen LogP contribution in [0.15, 0.2) is 78.9 Å². The number of hydrogen-bond acceptors (Lipinski definition) is 2. The van der Waals surface area contributed by atoms with Crippen molar-refractivity contribution in [2.45, 2.75) is 19.5 Å². The van der Waals surface area contributed by atoms with Gasteiger partial charge in [0.1, 0.15) is 0 Å². The van der Waals surface area contributed by atoms with Gasteiger partial charge in [-0.25, -0.2) is 4.79 Å². The van der Waals surface area contributed by atoms with Gasteiger partial charge in [-0.15, -0.1) is 0 Å². The Hall–Kier alpha value is -3.11. The molecule has 0 spiro atoms. The lowest BCUT2D eigenvalue weighted by molar-refractivity contribution is 0.139. The van der Waals surface area contributed by atoms with E-state index in [0.717, 1.165) is 27.8 Å². The molecule has 4 heteroatoms. The second kappa shape index (κ2) is 9.01. The second-order valence-corrected chi connectivity index (χ2v) is 6.50. The van der Waals surface area contributed by atoms with E-state index in [-0.39, 0.29) is 6.61 Å². The third-order valence-corrected chi connectivity index (χ3v) is 4.45. The molecule has 4 nitrogen and oxygen atoms in total. The number of nitrogens with zero attached hydrogens (tertiary/aromatic N) is 1. The minimum atomic E-state index is -0.936. The third kappa shape index (κ3) is 5.19. The summed E-state index contributed by atoms with van der Waals surface area (Å²) in [5.74, 6) is 0. The maximum Gasteiger partial charge on any atom is 0.407 e. The Labute approximate surface area is 159 Å². The monoisotopic (exact) mass is 361 g/mol. The third-order valence-electron chi connectivity index (χ3n) is 4.45. The zero-order chi connectivity index (χ0) is 19.1. The van der Waals surface area contributed by atoms with Gasteiger partial charge in [0.05, 0.1) is 0 Å². The molecule has 27 heavy (non-hydrogen) atoms. The Bertz CT molecular complexity index is 893. The molecule has 0 radical (unpaired) electrons. The minimum Gasteiger partial charge on any atom is -0.465 e. The second-order valence-electron chi connectivity index (χ2n) is 6.50. The number of aliphatic hydroxyl groups excluding tert-OH is 1. The van der Waals surface area contributed by atoms with Crippen LogP contribution in [0.4, 0.5) is 4.79 Å². The van der Waals surface area contributed by atoms with Crippen LogP contribution in [0.5, 0.6) is 0 Å². The van der Waals surface area contributed by atoms with Gasteiger partial charge in [0.15, 0.2) is 0 Å². The summed E-state index contributed by atoms with van der Waals surface area (Å²) in [5, 5.41) is 18.7. The summed E-state index contributed by atoms with van der Waals surface area (Å²) in [6.07, 6.45) is -0.314. The average Bonchev–Trinajstić information content (AvgIpc) is 2.69. The predicted molar refractivity (Wildman–Crippen MR) is 106 cm³/mol. The first-order chi connectivity index (χ1) is 13.2. The average molecular weight is 361 g/mol. The maximum atomic E-state index is 11.7. The molecular weight excluding hydrogens is 338 g/mol. The van der Waals surface area contributed by atoms with Crippen LogP contribution in [-0.4, -0.2) is 27.8 Å². The Kier molecular flexibility index (Phi) is 6.23. The maximum absolute atomic E-state index is 11.7. The first-order valence-electron chi connectivity index (χ1n) is 8.96. The molecule has 2 N–H and O–H groups in total. The molecule has 0 heterocycles. The molecule has 0 aliphatic carbocycles. The van der Waals surface area contributed by atoms with Crippen molar-refractivity contribution in [3.63, 3.8) is 0 Å². The van der Waals surface area contributed by atoms with Crippen LogP contribution >= 0.6 is 0 Å². The quantitative estimate of drug-likeness (QED) is 0.648. The van der Waals surface area contributed by atoms with Gasteiger partial charge in [-0.3, -0.25) is 4.90 Å². The Morgan fingerprint density at radius 3 is 1.93 bits per heavy atom. The van der Waals surface area contributed by atoms with E-state index in [1.54, 1.807) is 0 Å². The fraction of sp³-hybridized carbons (Fsp3) is 0.174. The zero-order valence-corrected chi connectivity index (χ0v) is 15.1. The molecule has 0 aliphatic heterocycles. The number of hydrogen-bond donors (Lipinski definition) is 2. The van der Waals surface area contributed by atoms with Crippen LogP contribution in [0.2, 0.25) is 0 Å². The molecular formula is C23H23NO3. The van der Waals surface area contributed by atoms with E-state index < -0.39 is 6.09 Å². The standard InChI is InChI=1S/C23H23NO3/c25-13-12-18-8-4-10-21(14-18)22-11-5-9-20(15-22)17-24(23(26)27)16-19-6-2-1-3-7-19/h1-11,14-15,25H,12-13,16-17H2,(H,26,27). The topological polar surface area (TPSA) is 60.8 Å². The van der Waals surface area contributed by atoms with Crippen molar-refractivity contribution >= 4 is 6.09 Å². The molecule has 0 aliphatic rings. The summed E-state index contributed by atoms with van der Waals surface area (Å²) < 4.78 is 0. The summed E-state index contributed by atoms with van der Waals surface area (Å²) in [5.41, 5.74) is 5.09. The Morgan fingerprint density at radius 1 is 0.741 bits per heavy atom. The molecule has 138 valence electrons. The number of carboxylic acid groups (broad SMARTS) is 1. The van der Waals surface area contributed by atoms with Crippen molar-refractivity contribution in [3.8, 4) is 11.1 Å². The lowest BCUT2D eigenvalue weighted by Gasteiger charge is -2.20. The van der Waals surface area contributed by atoms with E-state index in [1.807, 2.05) is 72.8 Å². The highest BCUT2D eigenvalue weighted by atomic mass is 16.4. The molecule has 3 aromatic carbocycles. The van der Waals surface area contributed by atoms with E-state index >= 15 is 0 Å². The van der Waals surface area contributed by atoms with Crippen LogP contribution in [0, 0.1) is 0 Å². The molecule has 0 saturated heterocycles. The van der Waals surface area contributed by atoms with Crippen molar-refractivity contribution < 1.29 is 15.0 Å². The molecule has 1 amide bonds. The summed E-state index contributed by atoms with van der Waals surface area (Å²) in [6.45, 7) is 0.803. The van der Waals surface area contributed by atoms with Gasteiger partial charge in [0.25, 0.3) is 0 Å². The summed E-state index contributed by atoms with van der Waals surface area (Å²) in [6, 6.07) is 25.6. The van der Waals surface area contributed by atoms with Gasteiger partial charge in [-0.05, 0) is 40.3 Å². The van der Waals surface area contributed by atoms with Crippen LogP contribution in [-0.2, 0) is 19.5 Å². The summed E-state index contributed by atoms with van der Waals surface area (Å²) in [4.78, 5) is 13.1. The molecule has 0 aromatic heterocycles. The van der Waals surface area contributed by atoms with Gasteiger partial charge in [0.2, 0.25) is 0 Å². The van der Waals surface area contributed by atoms with Gasteiger partial charge < -0.3 is 10.2 Å². The first-order valence-corrected chi connectivity index (χ1v) is 8.96. The van der Waals surface area contributed by atoms with Crippen LogP contribution in [0.3, 0.4) is 0 Å². The van der Waals surface area contributed by atoms with Crippen molar-refractivity contribution in [2.24, 2.45) is 0 Å². The van der Waals surface area contributed by atoms with Crippen molar-refractivity contribution in [3.05, 3.63) is 95.6 Å². The fourth-order valence-corrected chi connectivity index (χ4v) is 3.10. The smallest absolute Gasteiger partial charge is 0.407 e. The highest BCUT2D eigenvalue weighted by Gasteiger charge is 2.13. The summed E-state index contributed by atoms with van der Waals surface area (Å²) >= 11 is 0. The zero-order valence-electron chi connectivity index (χ0n) is 15.1. The van der Waals surface area contributed by atoms with Crippen molar-refractivity contribution in [1.82, 2.24) is 4.90 Å². The highest BCUT2D eigenvalue weighted by molar-refractivity contribution is 5.67.